The Bertz CT molecular complexity index is 743. The van der Waals surface area contributed by atoms with E-state index in [1.165, 1.54) is 11.1 Å². The number of fused-ring (bicyclic) bond motifs is 1. The van der Waals surface area contributed by atoms with E-state index in [4.69, 9.17) is 4.74 Å². The monoisotopic (exact) mass is 370 g/mol. The molecule has 2 amide bonds. The summed E-state index contributed by atoms with van der Waals surface area (Å²) in [5.41, 5.74) is 2.51. The third-order valence-corrected chi connectivity index (χ3v) is 5.58. The Labute approximate surface area is 159 Å². The molecule has 4 rings (SSSR count). The number of carbonyl (C=O) groups is 2. The molecule has 0 aromatic heterocycles. The average Bonchev–Trinajstić information content (AvgIpc) is 3.54. The minimum Gasteiger partial charge on any atom is -0.394 e. The van der Waals surface area contributed by atoms with Gasteiger partial charge in [0.25, 0.3) is 0 Å². The van der Waals surface area contributed by atoms with E-state index in [2.05, 4.69) is 17.4 Å². The van der Waals surface area contributed by atoms with Crippen LogP contribution in [0.3, 0.4) is 0 Å². The standard InChI is InChI=1S/C21H26N2O4/c24-13-19-18(22-21(26)15-5-6-15)8-7-17(27-19)11-20(25)23-10-9-14-3-1-2-4-16(14)12-23/h1-4,7-8,15,17-19,24H,5-6,9-13H2,(H,22,26)/t17-,18+,19+/m0/s1. The zero-order chi connectivity index (χ0) is 18.8. The van der Waals surface area contributed by atoms with Crippen LogP contribution >= 0.6 is 0 Å². The molecule has 2 heterocycles. The summed E-state index contributed by atoms with van der Waals surface area (Å²) < 4.78 is 5.88. The van der Waals surface area contributed by atoms with Gasteiger partial charge in [-0.1, -0.05) is 36.4 Å². The van der Waals surface area contributed by atoms with E-state index in [1.54, 1.807) is 0 Å². The summed E-state index contributed by atoms with van der Waals surface area (Å²) in [5.74, 6) is 0.184. The molecule has 27 heavy (non-hydrogen) atoms. The predicted octanol–water partition coefficient (Wildman–Crippen LogP) is 1.17. The first-order valence-corrected chi connectivity index (χ1v) is 9.73. The van der Waals surface area contributed by atoms with Gasteiger partial charge in [0.15, 0.2) is 0 Å². The Morgan fingerprint density at radius 1 is 1.19 bits per heavy atom. The van der Waals surface area contributed by atoms with Gasteiger partial charge in [0.1, 0.15) is 6.10 Å². The Balaban J connectivity index is 1.34. The Kier molecular flexibility index (Phi) is 5.27. The zero-order valence-corrected chi connectivity index (χ0v) is 15.3. The Morgan fingerprint density at radius 2 is 1.96 bits per heavy atom. The highest BCUT2D eigenvalue weighted by Crippen LogP contribution is 2.29. The molecule has 3 aliphatic rings. The number of amides is 2. The molecule has 0 unspecified atom stereocenters. The molecule has 1 fully saturated rings. The van der Waals surface area contributed by atoms with Gasteiger partial charge in [-0.25, -0.2) is 0 Å². The summed E-state index contributed by atoms with van der Waals surface area (Å²) >= 11 is 0. The molecule has 2 N–H and O–H groups in total. The predicted molar refractivity (Wildman–Crippen MR) is 99.7 cm³/mol. The van der Waals surface area contributed by atoms with Gasteiger partial charge in [-0.3, -0.25) is 9.59 Å². The normalized spacial score (nSPS) is 27.1. The molecule has 1 saturated carbocycles. The first-order valence-electron chi connectivity index (χ1n) is 9.73. The fraction of sp³-hybridized carbons (Fsp3) is 0.524. The fourth-order valence-electron chi connectivity index (χ4n) is 3.77. The summed E-state index contributed by atoms with van der Waals surface area (Å²) in [6.07, 6.45) is 5.79. The van der Waals surface area contributed by atoms with Crippen molar-refractivity contribution in [1.82, 2.24) is 10.2 Å². The highest BCUT2D eigenvalue weighted by Gasteiger charge is 2.35. The lowest BCUT2D eigenvalue weighted by molar-refractivity contribution is -0.137. The van der Waals surface area contributed by atoms with E-state index < -0.39 is 6.10 Å². The molecule has 0 radical (unpaired) electrons. The molecule has 0 saturated heterocycles. The van der Waals surface area contributed by atoms with Gasteiger partial charge >= 0.3 is 0 Å². The second-order valence-electron chi connectivity index (χ2n) is 7.63. The average molecular weight is 370 g/mol. The second kappa shape index (κ2) is 7.82. The van der Waals surface area contributed by atoms with Gasteiger partial charge in [-0.05, 0) is 30.4 Å². The summed E-state index contributed by atoms with van der Waals surface area (Å²) in [6, 6.07) is 7.88. The Hall–Kier alpha value is -2.18. The quantitative estimate of drug-likeness (QED) is 0.763. The van der Waals surface area contributed by atoms with E-state index in [0.717, 1.165) is 25.8 Å². The number of aliphatic hydroxyl groups is 1. The maximum Gasteiger partial charge on any atom is 0.225 e. The van der Waals surface area contributed by atoms with Crippen molar-refractivity contribution in [3.05, 3.63) is 47.5 Å². The SMILES string of the molecule is O=C(N[C@@H]1C=C[C@@H](CC(=O)N2CCc3ccccc3C2)O[C@@H]1CO)C1CC1. The lowest BCUT2D eigenvalue weighted by Crippen LogP contribution is -2.49. The van der Waals surface area contributed by atoms with E-state index in [9.17, 15) is 14.7 Å². The largest absolute Gasteiger partial charge is 0.394 e. The number of carbonyl (C=O) groups excluding carboxylic acids is 2. The topological polar surface area (TPSA) is 78.9 Å². The minimum absolute atomic E-state index is 0.0215. The number of hydrogen-bond acceptors (Lipinski definition) is 4. The molecule has 0 spiro atoms. The molecule has 2 aliphatic heterocycles. The molecule has 1 aliphatic carbocycles. The molecule has 1 aromatic carbocycles. The maximum atomic E-state index is 12.7. The number of rotatable bonds is 5. The van der Waals surface area contributed by atoms with Crippen molar-refractivity contribution in [1.29, 1.82) is 0 Å². The number of hydrogen-bond donors (Lipinski definition) is 2. The summed E-state index contributed by atoms with van der Waals surface area (Å²) in [7, 11) is 0. The lowest BCUT2D eigenvalue weighted by atomic mass is 9.99. The highest BCUT2D eigenvalue weighted by atomic mass is 16.5. The molecular weight excluding hydrogens is 344 g/mol. The van der Waals surface area contributed by atoms with Crippen LogP contribution in [0.2, 0.25) is 0 Å². The van der Waals surface area contributed by atoms with Crippen LogP contribution in [0.15, 0.2) is 36.4 Å². The van der Waals surface area contributed by atoms with Crippen LogP contribution in [0.1, 0.15) is 30.4 Å². The smallest absolute Gasteiger partial charge is 0.225 e. The van der Waals surface area contributed by atoms with Crippen LogP contribution in [0, 0.1) is 5.92 Å². The number of benzene rings is 1. The van der Waals surface area contributed by atoms with E-state index in [1.807, 2.05) is 29.2 Å². The molecule has 3 atom stereocenters. The highest BCUT2D eigenvalue weighted by molar-refractivity contribution is 5.81. The van der Waals surface area contributed by atoms with Gasteiger partial charge in [-0.2, -0.15) is 0 Å². The summed E-state index contributed by atoms with van der Waals surface area (Å²) in [6.45, 7) is 1.16. The molecule has 0 bridgehead atoms. The van der Waals surface area contributed by atoms with E-state index in [-0.39, 0.29) is 42.9 Å². The molecule has 6 heteroatoms. The van der Waals surface area contributed by atoms with Crippen molar-refractivity contribution in [2.75, 3.05) is 13.2 Å². The van der Waals surface area contributed by atoms with Gasteiger partial charge in [0.2, 0.25) is 11.8 Å². The van der Waals surface area contributed by atoms with Gasteiger partial charge < -0.3 is 20.1 Å². The molecular formula is C21H26N2O4. The lowest BCUT2D eigenvalue weighted by Gasteiger charge is -2.34. The van der Waals surface area contributed by atoms with Crippen molar-refractivity contribution in [2.45, 2.75) is 50.5 Å². The minimum atomic E-state index is -0.516. The number of nitrogens with one attached hydrogen (secondary N) is 1. The van der Waals surface area contributed by atoms with Crippen molar-refractivity contribution in [2.24, 2.45) is 5.92 Å². The molecule has 144 valence electrons. The van der Waals surface area contributed by atoms with Crippen LogP contribution in [0.4, 0.5) is 0 Å². The van der Waals surface area contributed by atoms with Crippen LogP contribution in [0.25, 0.3) is 0 Å². The van der Waals surface area contributed by atoms with E-state index in [0.29, 0.717) is 6.54 Å². The van der Waals surface area contributed by atoms with E-state index >= 15 is 0 Å². The third kappa shape index (κ3) is 4.22. The van der Waals surface area contributed by atoms with Crippen LogP contribution in [-0.2, 0) is 27.3 Å². The van der Waals surface area contributed by atoms with Crippen molar-refractivity contribution in [3.8, 4) is 0 Å². The maximum absolute atomic E-state index is 12.7. The van der Waals surface area contributed by atoms with Crippen LogP contribution < -0.4 is 5.32 Å². The van der Waals surface area contributed by atoms with Gasteiger partial charge in [0, 0.05) is 19.0 Å². The van der Waals surface area contributed by atoms with Crippen LogP contribution in [0.5, 0.6) is 0 Å². The third-order valence-electron chi connectivity index (χ3n) is 5.58. The zero-order valence-electron chi connectivity index (χ0n) is 15.3. The second-order valence-corrected chi connectivity index (χ2v) is 7.63. The number of aliphatic hydroxyl groups excluding tert-OH is 1. The summed E-state index contributed by atoms with van der Waals surface area (Å²) in [5, 5.41) is 12.6. The van der Waals surface area contributed by atoms with Gasteiger partial charge in [-0.15, -0.1) is 0 Å². The number of nitrogens with zero attached hydrogens (tertiary/aromatic N) is 1. The van der Waals surface area contributed by atoms with Crippen molar-refractivity contribution < 1.29 is 19.4 Å². The molecule has 6 nitrogen and oxygen atoms in total. The van der Waals surface area contributed by atoms with Crippen molar-refractivity contribution >= 4 is 11.8 Å². The summed E-state index contributed by atoms with van der Waals surface area (Å²) in [4.78, 5) is 26.5. The first kappa shape index (κ1) is 18.2. The molecule has 1 aromatic rings. The Morgan fingerprint density at radius 3 is 2.70 bits per heavy atom. The first-order chi connectivity index (χ1) is 13.1. The number of ether oxygens (including phenoxy) is 1. The van der Waals surface area contributed by atoms with Crippen molar-refractivity contribution in [3.63, 3.8) is 0 Å². The fourth-order valence-corrected chi connectivity index (χ4v) is 3.77. The van der Waals surface area contributed by atoms with Crippen LogP contribution in [-0.4, -0.2) is 53.2 Å². The van der Waals surface area contributed by atoms with Gasteiger partial charge in [0.05, 0.1) is 25.2 Å².